The second-order valence-electron chi connectivity index (χ2n) is 5.76. The molecule has 9 heteroatoms. The first-order valence-corrected chi connectivity index (χ1v) is 9.71. The van der Waals surface area contributed by atoms with E-state index in [4.69, 9.17) is 4.74 Å². The standard InChI is InChI=1S/C19H11BrN6OS/c1-27-15-3-2-11(8-21)6-14(15)12-4-5-26(13(7-12)9-22)19-25-17-18(28-19)24-16(20)10-23-17/h2-4,6-7,10H,5H2,1H3. The number of anilines is 1. The molecule has 28 heavy (non-hydrogen) atoms. The van der Waals surface area contributed by atoms with Gasteiger partial charge in [0.25, 0.3) is 0 Å². The molecule has 0 saturated carbocycles. The third-order valence-electron chi connectivity index (χ3n) is 4.14. The summed E-state index contributed by atoms with van der Waals surface area (Å²) in [4.78, 5) is 15.6. The van der Waals surface area contributed by atoms with Crippen molar-refractivity contribution in [1.29, 1.82) is 10.5 Å². The van der Waals surface area contributed by atoms with Gasteiger partial charge in [-0.25, -0.2) is 9.97 Å². The number of methoxy groups -OCH3 is 1. The van der Waals surface area contributed by atoms with E-state index in [0.717, 1.165) is 11.1 Å². The van der Waals surface area contributed by atoms with E-state index in [1.165, 1.54) is 11.3 Å². The van der Waals surface area contributed by atoms with Gasteiger partial charge in [0.05, 0.1) is 24.9 Å². The quantitative estimate of drug-likeness (QED) is 0.593. The molecule has 0 amide bonds. The fourth-order valence-corrected chi connectivity index (χ4v) is 4.16. The average Bonchev–Trinajstić information content (AvgIpc) is 3.15. The van der Waals surface area contributed by atoms with Crippen LogP contribution in [0.2, 0.25) is 0 Å². The molecule has 0 radical (unpaired) electrons. The fourth-order valence-electron chi connectivity index (χ4n) is 2.84. The van der Waals surface area contributed by atoms with E-state index in [0.29, 0.717) is 43.8 Å². The van der Waals surface area contributed by atoms with Gasteiger partial charge in [0.15, 0.2) is 15.6 Å². The fraction of sp³-hybridized carbons (Fsp3) is 0.105. The van der Waals surface area contributed by atoms with Crippen LogP contribution in [-0.4, -0.2) is 28.6 Å². The Hall–Kier alpha value is -3.27. The van der Waals surface area contributed by atoms with Gasteiger partial charge in [-0.05, 0) is 45.8 Å². The van der Waals surface area contributed by atoms with Crippen molar-refractivity contribution in [2.24, 2.45) is 0 Å². The maximum atomic E-state index is 9.70. The molecule has 0 saturated heterocycles. The van der Waals surface area contributed by atoms with E-state index in [1.807, 2.05) is 11.0 Å². The maximum absolute atomic E-state index is 9.70. The third-order valence-corrected chi connectivity index (χ3v) is 5.49. The lowest BCUT2D eigenvalue weighted by molar-refractivity contribution is 0.413. The molecule has 1 aliphatic rings. The number of nitriles is 2. The van der Waals surface area contributed by atoms with Gasteiger partial charge >= 0.3 is 0 Å². The van der Waals surface area contributed by atoms with E-state index >= 15 is 0 Å². The second-order valence-corrected chi connectivity index (χ2v) is 7.52. The first kappa shape index (κ1) is 18.1. The Morgan fingerprint density at radius 1 is 1.25 bits per heavy atom. The maximum Gasteiger partial charge on any atom is 0.194 e. The number of hydrogen-bond acceptors (Lipinski definition) is 8. The summed E-state index contributed by atoms with van der Waals surface area (Å²) in [6.45, 7) is 0.454. The average molecular weight is 451 g/mol. The van der Waals surface area contributed by atoms with Gasteiger partial charge in [-0.2, -0.15) is 15.5 Å². The molecule has 4 rings (SSSR count). The van der Waals surface area contributed by atoms with Crippen LogP contribution < -0.4 is 9.64 Å². The minimum atomic E-state index is 0.444. The van der Waals surface area contributed by atoms with Gasteiger partial charge in [0.1, 0.15) is 22.1 Å². The molecule has 0 aliphatic carbocycles. The van der Waals surface area contributed by atoms with Crippen molar-refractivity contribution in [2.45, 2.75) is 0 Å². The summed E-state index contributed by atoms with van der Waals surface area (Å²) in [6, 6.07) is 9.58. The minimum absolute atomic E-state index is 0.444. The van der Waals surface area contributed by atoms with E-state index in [-0.39, 0.29) is 0 Å². The Balaban J connectivity index is 1.73. The smallest absolute Gasteiger partial charge is 0.194 e. The predicted octanol–water partition coefficient (Wildman–Crippen LogP) is 4.04. The molecular formula is C19H11BrN6OS. The van der Waals surface area contributed by atoms with Crippen LogP contribution in [0.4, 0.5) is 5.13 Å². The molecule has 0 atom stereocenters. The molecule has 0 spiro atoms. The van der Waals surface area contributed by atoms with Gasteiger partial charge < -0.3 is 9.64 Å². The van der Waals surface area contributed by atoms with Gasteiger partial charge in [-0.15, -0.1) is 0 Å². The molecule has 3 heterocycles. The molecule has 0 fully saturated rings. The number of nitrogens with zero attached hydrogens (tertiary/aromatic N) is 6. The first-order valence-electron chi connectivity index (χ1n) is 8.10. The number of allylic oxidation sites excluding steroid dienone is 3. The monoisotopic (exact) mass is 450 g/mol. The van der Waals surface area contributed by atoms with Crippen molar-refractivity contribution in [3.63, 3.8) is 0 Å². The van der Waals surface area contributed by atoms with Crippen LogP contribution in [0, 0.1) is 22.7 Å². The Morgan fingerprint density at radius 3 is 2.86 bits per heavy atom. The summed E-state index contributed by atoms with van der Waals surface area (Å²) in [5.74, 6) is 0.644. The molecule has 7 nitrogen and oxygen atoms in total. The lowest BCUT2D eigenvalue weighted by Gasteiger charge is -2.24. The van der Waals surface area contributed by atoms with Crippen LogP contribution in [-0.2, 0) is 0 Å². The number of rotatable bonds is 3. The van der Waals surface area contributed by atoms with Crippen LogP contribution >= 0.6 is 27.3 Å². The second kappa shape index (κ2) is 7.39. The lowest BCUT2D eigenvalue weighted by atomic mass is 9.99. The zero-order valence-corrected chi connectivity index (χ0v) is 17.0. The minimum Gasteiger partial charge on any atom is -0.496 e. The molecule has 1 aliphatic heterocycles. The summed E-state index contributed by atoms with van der Waals surface area (Å²) in [7, 11) is 1.58. The van der Waals surface area contributed by atoms with E-state index in [1.54, 1.807) is 37.6 Å². The van der Waals surface area contributed by atoms with Crippen LogP contribution in [0.5, 0.6) is 5.75 Å². The molecule has 0 bridgehead atoms. The van der Waals surface area contributed by atoms with Crippen molar-refractivity contribution in [2.75, 3.05) is 18.6 Å². The molecule has 0 unspecified atom stereocenters. The largest absolute Gasteiger partial charge is 0.496 e. The number of ether oxygens (including phenoxy) is 1. The zero-order valence-electron chi connectivity index (χ0n) is 14.5. The number of benzene rings is 1. The Morgan fingerprint density at radius 2 is 2.11 bits per heavy atom. The van der Waals surface area contributed by atoms with Crippen LogP contribution in [0.15, 0.2) is 46.8 Å². The van der Waals surface area contributed by atoms with Crippen molar-refractivity contribution in [3.8, 4) is 17.9 Å². The van der Waals surface area contributed by atoms with Crippen LogP contribution in [0.25, 0.3) is 16.1 Å². The number of thiazole rings is 1. The molecule has 2 aromatic heterocycles. The zero-order chi connectivity index (χ0) is 19.7. The number of fused-ring (bicyclic) bond motifs is 1. The highest BCUT2D eigenvalue weighted by molar-refractivity contribution is 9.10. The topological polar surface area (TPSA) is 98.7 Å². The van der Waals surface area contributed by atoms with E-state index in [2.05, 4.69) is 43.0 Å². The van der Waals surface area contributed by atoms with Crippen molar-refractivity contribution in [1.82, 2.24) is 15.0 Å². The third kappa shape index (κ3) is 3.22. The Kier molecular flexibility index (Phi) is 4.78. The Labute approximate surface area is 173 Å². The SMILES string of the molecule is COc1ccc(C#N)cc1C1=CCN(c2nc3ncc(Br)nc3s2)C(C#N)=C1. The van der Waals surface area contributed by atoms with Crippen LogP contribution in [0.1, 0.15) is 11.1 Å². The Bertz CT molecular complexity index is 1230. The van der Waals surface area contributed by atoms with Gasteiger partial charge in [-0.1, -0.05) is 17.4 Å². The highest BCUT2D eigenvalue weighted by atomic mass is 79.9. The van der Waals surface area contributed by atoms with Crippen molar-refractivity contribution in [3.05, 3.63) is 58.0 Å². The van der Waals surface area contributed by atoms with Gasteiger partial charge in [0.2, 0.25) is 0 Å². The van der Waals surface area contributed by atoms with Gasteiger partial charge in [-0.3, -0.25) is 0 Å². The number of hydrogen-bond donors (Lipinski definition) is 0. The molecule has 1 aromatic carbocycles. The molecule has 136 valence electrons. The first-order chi connectivity index (χ1) is 13.6. The molecule has 3 aromatic rings. The van der Waals surface area contributed by atoms with Crippen molar-refractivity contribution >= 4 is 48.4 Å². The van der Waals surface area contributed by atoms with Gasteiger partial charge in [0, 0.05) is 12.1 Å². The van der Waals surface area contributed by atoms with Crippen LogP contribution in [0.3, 0.4) is 0 Å². The molecule has 0 N–H and O–H groups in total. The highest BCUT2D eigenvalue weighted by Crippen LogP contribution is 2.35. The number of aromatic nitrogens is 3. The normalized spacial score (nSPS) is 13.5. The predicted molar refractivity (Wildman–Crippen MR) is 110 cm³/mol. The summed E-state index contributed by atoms with van der Waals surface area (Å²) < 4.78 is 6.06. The summed E-state index contributed by atoms with van der Waals surface area (Å²) in [5.41, 5.74) is 3.10. The lowest BCUT2D eigenvalue weighted by Crippen LogP contribution is -2.24. The molecular weight excluding hydrogens is 440 g/mol. The van der Waals surface area contributed by atoms with E-state index in [9.17, 15) is 10.5 Å². The summed E-state index contributed by atoms with van der Waals surface area (Å²) in [6.07, 6.45) is 5.34. The summed E-state index contributed by atoms with van der Waals surface area (Å²) >= 11 is 4.68. The summed E-state index contributed by atoms with van der Waals surface area (Å²) in [5, 5.41) is 19.5. The highest BCUT2D eigenvalue weighted by Gasteiger charge is 2.22. The number of halogens is 1. The van der Waals surface area contributed by atoms with Crippen molar-refractivity contribution < 1.29 is 4.74 Å². The van der Waals surface area contributed by atoms with E-state index < -0.39 is 0 Å².